The molecule has 0 radical (unpaired) electrons. The van der Waals surface area contributed by atoms with Gasteiger partial charge >= 0.3 is 6.03 Å². The highest BCUT2D eigenvalue weighted by Crippen LogP contribution is 2.29. The van der Waals surface area contributed by atoms with Crippen molar-refractivity contribution in [2.24, 2.45) is 0 Å². The summed E-state index contributed by atoms with van der Waals surface area (Å²) >= 11 is 0. The molecule has 8 heteroatoms. The fourth-order valence-electron chi connectivity index (χ4n) is 2.88. The summed E-state index contributed by atoms with van der Waals surface area (Å²) in [4.78, 5) is 39.6. The highest BCUT2D eigenvalue weighted by atomic mass is 19.2. The summed E-state index contributed by atoms with van der Waals surface area (Å²) in [6, 6.07) is 10.9. The van der Waals surface area contributed by atoms with Gasteiger partial charge in [0.05, 0.1) is 0 Å². The number of nitrogens with one attached hydrogen (secondary N) is 1. The lowest BCUT2D eigenvalue weighted by atomic mass is 9.92. The minimum atomic E-state index is -1.59. The van der Waals surface area contributed by atoms with Gasteiger partial charge in [-0.2, -0.15) is 0 Å². The van der Waals surface area contributed by atoms with Crippen molar-refractivity contribution in [2.75, 3.05) is 18.5 Å². The third kappa shape index (κ3) is 3.25. The van der Waals surface area contributed by atoms with E-state index in [0.717, 1.165) is 17.0 Å². The number of benzene rings is 2. The molecule has 0 bridgehead atoms. The zero-order chi connectivity index (χ0) is 19.8. The zero-order valence-electron chi connectivity index (χ0n) is 14.7. The molecule has 0 saturated carbocycles. The first-order chi connectivity index (χ1) is 12.7. The van der Waals surface area contributed by atoms with Gasteiger partial charge in [-0.15, -0.1) is 0 Å². The van der Waals surface area contributed by atoms with Crippen LogP contribution in [0.15, 0.2) is 48.5 Å². The van der Waals surface area contributed by atoms with E-state index in [4.69, 9.17) is 0 Å². The highest BCUT2D eigenvalue weighted by molar-refractivity contribution is 6.10. The lowest BCUT2D eigenvalue weighted by Gasteiger charge is -2.23. The van der Waals surface area contributed by atoms with Crippen LogP contribution in [0, 0.1) is 11.6 Å². The number of para-hydroxylation sites is 1. The van der Waals surface area contributed by atoms with Crippen molar-refractivity contribution >= 4 is 23.5 Å². The molecule has 1 aliphatic rings. The molecule has 4 amide bonds. The van der Waals surface area contributed by atoms with Gasteiger partial charge in [-0.25, -0.2) is 13.6 Å². The van der Waals surface area contributed by atoms with E-state index in [0.29, 0.717) is 5.69 Å². The number of urea groups is 1. The number of nitrogens with zero attached hydrogens (tertiary/aromatic N) is 2. The van der Waals surface area contributed by atoms with Crippen LogP contribution >= 0.6 is 0 Å². The Morgan fingerprint density at radius 1 is 1.11 bits per heavy atom. The standard InChI is InChI=1S/C19H17F2N3O3/c1-19(12-8-9-14(20)15(21)10-12)17(26)24(18(27)22-19)11-16(25)23(2)13-6-4-3-5-7-13/h3-10H,11H2,1-2H3,(H,22,27). The molecule has 27 heavy (non-hydrogen) atoms. The van der Waals surface area contributed by atoms with Crippen LogP contribution in [0.1, 0.15) is 12.5 Å². The molecule has 1 fully saturated rings. The molecule has 2 aromatic carbocycles. The van der Waals surface area contributed by atoms with E-state index in [2.05, 4.69) is 5.32 Å². The van der Waals surface area contributed by atoms with Gasteiger partial charge in [0.1, 0.15) is 12.1 Å². The third-order valence-electron chi connectivity index (χ3n) is 4.58. The van der Waals surface area contributed by atoms with Crippen LogP contribution < -0.4 is 10.2 Å². The van der Waals surface area contributed by atoms with E-state index < -0.39 is 41.6 Å². The van der Waals surface area contributed by atoms with Crippen LogP contribution in [-0.2, 0) is 15.1 Å². The smallest absolute Gasteiger partial charge is 0.319 e. The summed E-state index contributed by atoms with van der Waals surface area (Å²) in [5.74, 6) is -3.38. The molecule has 1 heterocycles. The summed E-state index contributed by atoms with van der Waals surface area (Å²) < 4.78 is 26.7. The van der Waals surface area contributed by atoms with Crippen LogP contribution in [0.4, 0.5) is 19.3 Å². The van der Waals surface area contributed by atoms with Crippen molar-refractivity contribution in [3.8, 4) is 0 Å². The summed E-state index contributed by atoms with van der Waals surface area (Å²) in [6.45, 7) is 0.903. The second kappa shape index (κ2) is 6.79. The van der Waals surface area contributed by atoms with Crippen molar-refractivity contribution in [3.63, 3.8) is 0 Å². The fourth-order valence-corrected chi connectivity index (χ4v) is 2.88. The molecule has 1 unspecified atom stereocenters. The largest absolute Gasteiger partial charge is 0.325 e. The van der Waals surface area contributed by atoms with Crippen molar-refractivity contribution in [3.05, 3.63) is 65.7 Å². The van der Waals surface area contributed by atoms with Crippen LogP contribution in [0.2, 0.25) is 0 Å². The van der Waals surface area contributed by atoms with Gasteiger partial charge < -0.3 is 10.2 Å². The first kappa shape index (κ1) is 18.5. The number of hydrogen-bond acceptors (Lipinski definition) is 3. The summed E-state index contributed by atoms with van der Waals surface area (Å²) in [5, 5.41) is 2.45. The predicted octanol–water partition coefficient (Wildman–Crippen LogP) is 2.39. The number of hydrogen-bond donors (Lipinski definition) is 1. The maximum Gasteiger partial charge on any atom is 0.325 e. The lowest BCUT2D eigenvalue weighted by Crippen LogP contribution is -2.43. The average Bonchev–Trinajstić information content (AvgIpc) is 2.88. The second-order valence-corrected chi connectivity index (χ2v) is 6.36. The van der Waals surface area contributed by atoms with Gasteiger partial charge in [-0.05, 0) is 36.8 Å². The predicted molar refractivity (Wildman–Crippen MR) is 93.8 cm³/mol. The number of carbonyl (C=O) groups excluding carboxylic acids is 3. The Morgan fingerprint density at radius 3 is 2.41 bits per heavy atom. The van der Waals surface area contributed by atoms with Crippen molar-refractivity contribution in [2.45, 2.75) is 12.5 Å². The number of imide groups is 1. The number of carbonyl (C=O) groups is 3. The molecule has 1 aliphatic heterocycles. The fraction of sp³-hybridized carbons (Fsp3) is 0.211. The first-order valence-corrected chi connectivity index (χ1v) is 8.15. The highest BCUT2D eigenvalue weighted by Gasteiger charge is 2.49. The molecule has 6 nitrogen and oxygen atoms in total. The summed E-state index contributed by atoms with van der Waals surface area (Å²) in [6.07, 6.45) is 0. The van der Waals surface area contributed by atoms with E-state index in [9.17, 15) is 23.2 Å². The van der Waals surface area contributed by atoms with Gasteiger partial charge in [-0.3, -0.25) is 14.5 Å². The number of likely N-dealkylation sites (N-methyl/N-ethyl adjacent to an activating group) is 1. The van der Waals surface area contributed by atoms with Gasteiger partial charge in [0.2, 0.25) is 5.91 Å². The molecule has 0 aliphatic carbocycles. The van der Waals surface area contributed by atoms with Gasteiger partial charge in [0.15, 0.2) is 11.6 Å². The average molecular weight is 373 g/mol. The third-order valence-corrected chi connectivity index (χ3v) is 4.58. The van der Waals surface area contributed by atoms with Crippen molar-refractivity contribution < 1.29 is 23.2 Å². The van der Waals surface area contributed by atoms with Crippen LogP contribution in [0.3, 0.4) is 0 Å². The maximum atomic E-state index is 13.6. The normalized spacial score (nSPS) is 19.2. The summed E-state index contributed by atoms with van der Waals surface area (Å²) in [5.41, 5.74) is -0.888. The Hall–Kier alpha value is -3.29. The zero-order valence-corrected chi connectivity index (χ0v) is 14.7. The minimum absolute atomic E-state index is 0.0890. The maximum absolute atomic E-state index is 13.6. The molecule has 0 aromatic heterocycles. The Kier molecular flexibility index (Phi) is 4.65. The van der Waals surface area contributed by atoms with Crippen molar-refractivity contribution in [1.29, 1.82) is 0 Å². The molecule has 3 rings (SSSR count). The SMILES string of the molecule is CN(C(=O)CN1C(=O)NC(C)(c2ccc(F)c(F)c2)C1=O)c1ccccc1. The minimum Gasteiger partial charge on any atom is -0.319 e. The molecule has 1 saturated heterocycles. The van der Waals surface area contributed by atoms with Gasteiger partial charge in [0.25, 0.3) is 5.91 Å². The molecule has 1 atom stereocenters. The molecule has 140 valence electrons. The van der Waals surface area contributed by atoms with Crippen molar-refractivity contribution in [1.82, 2.24) is 10.2 Å². The lowest BCUT2D eigenvalue weighted by molar-refractivity contribution is -0.134. The van der Waals surface area contributed by atoms with E-state index in [1.54, 1.807) is 30.3 Å². The van der Waals surface area contributed by atoms with Gasteiger partial charge in [-0.1, -0.05) is 24.3 Å². The number of anilines is 1. The molecular formula is C19H17F2N3O3. The Balaban J connectivity index is 1.81. The number of rotatable bonds is 4. The van der Waals surface area contributed by atoms with E-state index >= 15 is 0 Å². The molecule has 1 N–H and O–H groups in total. The van der Waals surface area contributed by atoms with E-state index in [1.165, 1.54) is 24.9 Å². The van der Waals surface area contributed by atoms with Crippen LogP contribution in [0.25, 0.3) is 0 Å². The van der Waals surface area contributed by atoms with Gasteiger partial charge in [0, 0.05) is 12.7 Å². The van der Waals surface area contributed by atoms with E-state index in [-0.39, 0.29) is 5.56 Å². The quantitative estimate of drug-likeness (QED) is 0.837. The number of halogens is 2. The molecule has 0 spiro atoms. The molecular weight excluding hydrogens is 356 g/mol. The second-order valence-electron chi connectivity index (χ2n) is 6.36. The monoisotopic (exact) mass is 373 g/mol. The Labute approximate surface area is 154 Å². The van der Waals surface area contributed by atoms with Crippen LogP contribution in [-0.4, -0.2) is 36.3 Å². The summed E-state index contributed by atoms with van der Waals surface area (Å²) in [7, 11) is 1.53. The first-order valence-electron chi connectivity index (χ1n) is 8.15. The Morgan fingerprint density at radius 2 is 1.78 bits per heavy atom. The van der Waals surface area contributed by atoms with Crippen LogP contribution in [0.5, 0.6) is 0 Å². The Bertz CT molecular complexity index is 920. The number of amides is 4. The molecule has 2 aromatic rings. The topological polar surface area (TPSA) is 69.7 Å². The van der Waals surface area contributed by atoms with E-state index in [1.807, 2.05) is 0 Å².